The van der Waals surface area contributed by atoms with Gasteiger partial charge in [0.25, 0.3) is 0 Å². The number of carbonyl (C=O) groups is 1. The summed E-state index contributed by atoms with van der Waals surface area (Å²) in [5.41, 5.74) is 3.29. The van der Waals surface area contributed by atoms with Crippen LogP contribution in [0.15, 0.2) is 54.9 Å². The molecule has 1 N–H and O–H groups in total. The first-order chi connectivity index (χ1) is 17.5. The van der Waals surface area contributed by atoms with Crippen LogP contribution in [0.25, 0.3) is 5.65 Å². The van der Waals surface area contributed by atoms with E-state index in [0.29, 0.717) is 24.3 Å². The number of halogens is 1. The van der Waals surface area contributed by atoms with Crippen LogP contribution in [0.4, 0.5) is 4.39 Å². The van der Waals surface area contributed by atoms with Crippen LogP contribution in [0.3, 0.4) is 0 Å². The zero-order valence-corrected chi connectivity index (χ0v) is 20.7. The number of benzene rings is 1. The molecule has 0 spiro atoms. The molecule has 2 aromatic heterocycles. The van der Waals surface area contributed by atoms with Gasteiger partial charge in [-0.05, 0) is 74.0 Å². The van der Waals surface area contributed by atoms with E-state index >= 15 is 0 Å². The fourth-order valence-corrected chi connectivity index (χ4v) is 6.53. The molecule has 3 aliphatic rings. The number of aliphatic carboxylic acids is 1. The average Bonchev–Trinajstić information content (AvgIpc) is 3.46. The number of hydrogen-bond donors (Lipinski definition) is 1. The van der Waals surface area contributed by atoms with Gasteiger partial charge in [0.1, 0.15) is 17.5 Å². The Balaban J connectivity index is 1.15. The van der Waals surface area contributed by atoms with Crippen molar-refractivity contribution in [1.29, 1.82) is 0 Å². The van der Waals surface area contributed by atoms with Gasteiger partial charge < -0.3 is 14.4 Å². The van der Waals surface area contributed by atoms with Crippen LogP contribution in [0.5, 0.6) is 0 Å². The lowest BCUT2D eigenvalue weighted by atomic mass is 9.87. The van der Waals surface area contributed by atoms with Crippen molar-refractivity contribution in [3.63, 3.8) is 0 Å². The van der Waals surface area contributed by atoms with Crippen LogP contribution in [-0.2, 0) is 4.79 Å². The zero-order chi connectivity index (χ0) is 24.6. The summed E-state index contributed by atoms with van der Waals surface area (Å²) in [6.45, 7) is 4.41. The van der Waals surface area contributed by atoms with Gasteiger partial charge in [-0.2, -0.15) is 0 Å². The van der Waals surface area contributed by atoms with E-state index in [4.69, 9.17) is 0 Å². The smallest absolute Gasteiger partial charge is 0.320 e. The van der Waals surface area contributed by atoms with E-state index in [-0.39, 0.29) is 11.7 Å². The summed E-state index contributed by atoms with van der Waals surface area (Å²) in [6.07, 6.45) is 9.33. The Morgan fingerprint density at radius 1 is 1.08 bits per heavy atom. The number of piperidine rings is 1. The van der Waals surface area contributed by atoms with Crippen molar-refractivity contribution >= 4 is 11.6 Å². The SMILES string of the molecule is O=C(O)[C@@H](CC1CC1)N1C[C@H](CN2CCC(c3cnc4ccccn34)CC2)[C@@H](c2cccc(F)c2)C1. The molecule has 2 saturated heterocycles. The molecule has 36 heavy (non-hydrogen) atoms. The lowest BCUT2D eigenvalue weighted by Crippen LogP contribution is -2.41. The number of fused-ring (bicyclic) bond motifs is 1. The molecule has 0 amide bonds. The number of carboxylic acid groups (broad SMARTS) is 1. The Bertz CT molecular complexity index is 1220. The number of carboxylic acids is 1. The highest BCUT2D eigenvalue weighted by Crippen LogP contribution is 2.40. The van der Waals surface area contributed by atoms with E-state index in [2.05, 4.69) is 31.4 Å². The molecule has 2 aliphatic heterocycles. The molecule has 1 aliphatic carbocycles. The minimum Gasteiger partial charge on any atom is -0.480 e. The van der Waals surface area contributed by atoms with Crippen molar-refractivity contribution < 1.29 is 14.3 Å². The number of aromatic nitrogens is 2. The van der Waals surface area contributed by atoms with Crippen LogP contribution < -0.4 is 0 Å². The molecule has 1 saturated carbocycles. The monoisotopic (exact) mass is 490 g/mol. The Labute approximate surface area is 211 Å². The molecule has 0 unspecified atom stereocenters. The standard InChI is InChI=1S/C29H35FN4O2/c30-24-5-3-4-22(15-24)25-19-33(26(29(35)36)14-20-7-8-20)18-23(25)17-32-12-9-21(10-13-32)27-16-31-28-6-1-2-11-34(27)28/h1-6,11,15-16,20-21,23,25-26H,7-10,12-14,17-19H2,(H,35,36)/t23-,25+,26+/m0/s1. The highest BCUT2D eigenvalue weighted by Gasteiger charge is 2.42. The summed E-state index contributed by atoms with van der Waals surface area (Å²) >= 11 is 0. The molecular weight excluding hydrogens is 455 g/mol. The molecule has 6 rings (SSSR count). The van der Waals surface area contributed by atoms with E-state index in [9.17, 15) is 14.3 Å². The van der Waals surface area contributed by atoms with Gasteiger partial charge in [0, 0.05) is 49.6 Å². The molecular formula is C29H35FN4O2. The normalized spacial score (nSPS) is 24.9. The third kappa shape index (κ3) is 4.91. The summed E-state index contributed by atoms with van der Waals surface area (Å²) in [5.74, 6) is 0.559. The van der Waals surface area contributed by atoms with E-state index in [1.54, 1.807) is 12.1 Å². The fourth-order valence-electron chi connectivity index (χ4n) is 6.53. The highest BCUT2D eigenvalue weighted by atomic mass is 19.1. The van der Waals surface area contributed by atoms with Gasteiger partial charge in [0.05, 0.1) is 0 Å². The minimum atomic E-state index is -0.714. The Kier molecular flexibility index (Phi) is 6.52. The van der Waals surface area contributed by atoms with Crippen molar-refractivity contribution in [3.8, 4) is 0 Å². The predicted octanol–water partition coefficient (Wildman–Crippen LogP) is 4.62. The van der Waals surface area contributed by atoms with Crippen LogP contribution in [0.1, 0.15) is 55.2 Å². The van der Waals surface area contributed by atoms with Gasteiger partial charge in [-0.25, -0.2) is 9.37 Å². The van der Waals surface area contributed by atoms with Gasteiger partial charge in [-0.3, -0.25) is 9.69 Å². The van der Waals surface area contributed by atoms with Gasteiger partial charge in [0.15, 0.2) is 0 Å². The summed E-state index contributed by atoms with van der Waals surface area (Å²) in [7, 11) is 0. The quantitative estimate of drug-likeness (QED) is 0.499. The number of nitrogens with zero attached hydrogens (tertiary/aromatic N) is 4. The maximum Gasteiger partial charge on any atom is 0.320 e. The van der Waals surface area contributed by atoms with Crippen molar-refractivity contribution in [1.82, 2.24) is 19.2 Å². The molecule has 7 heteroatoms. The zero-order valence-electron chi connectivity index (χ0n) is 20.7. The second-order valence-corrected chi connectivity index (χ2v) is 11.1. The molecule has 190 valence electrons. The second kappa shape index (κ2) is 9.94. The molecule has 3 fully saturated rings. The Morgan fingerprint density at radius 3 is 2.67 bits per heavy atom. The van der Waals surface area contributed by atoms with Crippen molar-refractivity contribution in [2.24, 2.45) is 11.8 Å². The van der Waals surface area contributed by atoms with E-state index in [0.717, 1.165) is 69.5 Å². The minimum absolute atomic E-state index is 0.151. The molecule has 3 atom stereocenters. The van der Waals surface area contributed by atoms with Crippen LogP contribution in [0, 0.1) is 17.7 Å². The van der Waals surface area contributed by atoms with Crippen molar-refractivity contribution in [3.05, 3.63) is 71.9 Å². The van der Waals surface area contributed by atoms with E-state index in [1.807, 2.05) is 24.4 Å². The van der Waals surface area contributed by atoms with Crippen molar-refractivity contribution in [2.45, 2.75) is 50.0 Å². The molecule has 0 bridgehead atoms. The van der Waals surface area contributed by atoms with Gasteiger partial charge >= 0.3 is 5.97 Å². The highest BCUT2D eigenvalue weighted by molar-refractivity contribution is 5.73. The first-order valence-corrected chi connectivity index (χ1v) is 13.4. The van der Waals surface area contributed by atoms with Crippen LogP contribution in [-0.4, -0.2) is 69.0 Å². The first kappa shape index (κ1) is 23.6. The number of likely N-dealkylation sites (tertiary alicyclic amines) is 2. The fraction of sp³-hybridized carbons (Fsp3) is 0.517. The number of hydrogen-bond acceptors (Lipinski definition) is 4. The molecule has 4 heterocycles. The maximum atomic E-state index is 14.1. The molecule has 3 aromatic rings. The Morgan fingerprint density at radius 2 is 1.92 bits per heavy atom. The lowest BCUT2D eigenvalue weighted by Gasteiger charge is -2.34. The number of pyridine rings is 1. The van der Waals surface area contributed by atoms with Gasteiger partial charge in [-0.1, -0.05) is 31.0 Å². The lowest BCUT2D eigenvalue weighted by molar-refractivity contribution is -0.143. The van der Waals surface area contributed by atoms with Crippen LogP contribution in [0.2, 0.25) is 0 Å². The average molecular weight is 491 g/mol. The third-order valence-corrected chi connectivity index (χ3v) is 8.67. The van der Waals surface area contributed by atoms with E-state index in [1.165, 1.54) is 11.8 Å². The second-order valence-electron chi connectivity index (χ2n) is 11.1. The van der Waals surface area contributed by atoms with Crippen LogP contribution >= 0.6 is 0 Å². The molecule has 0 radical (unpaired) electrons. The van der Waals surface area contributed by atoms with Gasteiger partial charge in [-0.15, -0.1) is 0 Å². The number of imidazole rings is 1. The molecule has 6 nitrogen and oxygen atoms in total. The maximum absolute atomic E-state index is 14.1. The summed E-state index contributed by atoms with van der Waals surface area (Å²) < 4.78 is 16.3. The Hall–Kier alpha value is -2.77. The molecule has 1 aromatic carbocycles. The summed E-state index contributed by atoms with van der Waals surface area (Å²) in [4.78, 5) is 21.5. The van der Waals surface area contributed by atoms with Crippen molar-refractivity contribution in [2.75, 3.05) is 32.7 Å². The third-order valence-electron chi connectivity index (χ3n) is 8.67. The largest absolute Gasteiger partial charge is 0.480 e. The number of rotatable bonds is 8. The first-order valence-electron chi connectivity index (χ1n) is 13.4. The topological polar surface area (TPSA) is 61.1 Å². The predicted molar refractivity (Wildman–Crippen MR) is 137 cm³/mol. The summed E-state index contributed by atoms with van der Waals surface area (Å²) in [6, 6.07) is 12.6. The van der Waals surface area contributed by atoms with Gasteiger partial charge in [0.2, 0.25) is 0 Å². The summed E-state index contributed by atoms with van der Waals surface area (Å²) in [5, 5.41) is 9.99. The van der Waals surface area contributed by atoms with E-state index < -0.39 is 12.0 Å².